The molecule has 1 aliphatic heterocycles. The van der Waals surface area contributed by atoms with Crippen molar-refractivity contribution >= 4 is 23.6 Å². The van der Waals surface area contributed by atoms with Gasteiger partial charge < -0.3 is 23.9 Å². The van der Waals surface area contributed by atoms with Gasteiger partial charge in [-0.25, -0.2) is 4.79 Å². The largest absolute Gasteiger partial charge is 0.486 e. The van der Waals surface area contributed by atoms with Crippen LogP contribution in [-0.4, -0.2) is 38.0 Å². The molecule has 2 aromatic rings. The van der Waals surface area contributed by atoms with Crippen LogP contribution in [0, 0.1) is 6.92 Å². The standard InChI is InChI=1S/C20H23NO6S/c1-12(14-4-5-17-18(8-14)26-7-6-25-17)21-19(22)11-28-10-15-9-16(13(2)27-15)20(23)24-3/h4-5,8-9,12H,6-7,10-11H2,1-3H3,(H,21,22)/t12-/m1/s1. The summed E-state index contributed by atoms with van der Waals surface area (Å²) in [6.45, 7) is 4.71. The number of methoxy groups -OCH3 is 1. The smallest absolute Gasteiger partial charge is 0.341 e. The predicted octanol–water partition coefficient (Wildman–Crippen LogP) is 3.26. The Kier molecular flexibility index (Phi) is 6.51. The van der Waals surface area contributed by atoms with Crippen LogP contribution in [0.3, 0.4) is 0 Å². The Morgan fingerprint density at radius 1 is 1.21 bits per heavy atom. The van der Waals surface area contributed by atoms with Gasteiger partial charge in [0, 0.05) is 0 Å². The number of rotatable bonds is 7. The average molecular weight is 405 g/mol. The number of carbonyl (C=O) groups is 2. The fraction of sp³-hybridized carbons (Fsp3) is 0.400. The summed E-state index contributed by atoms with van der Waals surface area (Å²) in [6, 6.07) is 7.18. The number of fused-ring (bicyclic) bond motifs is 1. The number of esters is 1. The lowest BCUT2D eigenvalue weighted by Crippen LogP contribution is -2.28. The second-order valence-corrected chi connectivity index (χ2v) is 7.34. The summed E-state index contributed by atoms with van der Waals surface area (Å²) in [5.74, 6) is 2.84. The summed E-state index contributed by atoms with van der Waals surface area (Å²) in [5.41, 5.74) is 1.36. The van der Waals surface area contributed by atoms with Crippen molar-refractivity contribution in [2.45, 2.75) is 25.6 Å². The van der Waals surface area contributed by atoms with Gasteiger partial charge in [0.25, 0.3) is 0 Å². The minimum Gasteiger partial charge on any atom is -0.486 e. The van der Waals surface area contributed by atoms with Gasteiger partial charge in [-0.2, -0.15) is 0 Å². The first-order valence-electron chi connectivity index (χ1n) is 8.92. The maximum Gasteiger partial charge on any atom is 0.341 e. The van der Waals surface area contributed by atoms with Gasteiger partial charge in [0.15, 0.2) is 11.5 Å². The zero-order valence-corrected chi connectivity index (χ0v) is 16.9. The third kappa shape index (κ3) is 4.81. The number of aryl methyl sites for hydroxylation is 1. The first kappa shape index (κ1) is 20.1. The summed E-state index contributed by atoms with van der Waals surface area (Å²) < 4.78 is 21.3. The zero-order valence-electron chi connectivity index (χ0n) is 16.1. The summed E-state index contributed by atoms with van der Waals surface area (Å²) in [7, 11) is 1.33. The first-order valence-corrected chi connectivity index (χ1v) is 10.1. The van der Waals surface area contributed by atoms with Crippen LogP contribution in [0.5, 0.6) is 11.5 Å². The molecule has 1 aromatic carbocycles. The van der Waals surface area contributed by atoms with E-state index in [-0.39, 0.29) is 17.7 Å². The van der Waals surface area contributed by atoms with Gasteiger partial charge in [-0.1, -0.05) is 6.07 Å². The molecule has 1 amide bonds. The number of hydrogen-bond donors (Lipinski definition) is 1. The normalized spacial score (nSPS) is 13.7. The number of hydrogen-bond acceptors (Lipinski definition) is 7. The van der Waals surface area contributed by atoms with Crippen molar-refractivity contribution in [3.63, 3.8) is 0 Å². The third-order valence-electron chi connectivity index (χ3n) is 4.30. The van der Waals surface area contributed by atoms with Crippen molar-refractivity contribution in [3.05, 3.63) is 46.9 Å². The molecule has 0 saturated carbocycles. The molecule has 0 radical (unpaired) electrons. The van der Waals surface area contributed by atoms with Gasteiger partial charge in [0.2, 0.25) is 5.91 Å². The highest BCUT2D eigenvalue weighted by atomic mass is 32.2. The molecule has 0 saturated heterocycles. The fourth-order valence-corrected chi connectivity index (χ4v) is 3.58. The Hall–Kier alpha value is -2.61. The van der Waals surface area contributed by atoms with Crippen LogP contribution in [0.25, 0.3) is 0 Å². The van der Waals surface area contributed by atoms with Gasteiger partial charge in [0.1, 0.15) is 30.3 Å². The molecule has 0 fully saturated rings. The Balaban J connectivity index is 1.48. The van der Waals surface area contributed by atoms with Gasteiger partial charge >= 0.3 is 5.97 Å². The molecule has 2 heterocycles. The van der Waals surface area contributed by atoms with Crippen LogP contribution in [0.15, 0.2) is 28.7 Å². The summed E-state index contributed by atoms with van der Waals surface area (Å²) in [4.78, 5) is 23.8. The Morgan fingerprint density at radius 3 is 2.71 bits per heavy atom. The molecule has 1 aliphatic rings. The van der Waals surface area contributed by atoms with Gasteiger partial charge in [0.05, 0.1) is 24.7 Å². The molecule has 0 spiro atoms. The van der Waals surface area contributed by atoms with Crippen LogP contribution in [0.1, 0.15) is 40.4 Å². The minimum absolute atomic E-state index is 0.0798. The van der Waals surface area contributed by atoms with Crippen molar-refractivity contribution in [2.24, 2.45) is 0 Å². The van der Waals surface area contributed by atoms with Gasteiger partial charge in [-0.15, -0.1) is 11.8 Å². The van der Waals surface area contributed by atoms with E-state index in [1.54, 1.807) is 13.0 Å². The number of ether oxygens (including phenoxy) is 3. The van der Waals surface area contributed by atoms with Crippen LogP contribution >= 0.6 is 11.8 Å². The van der Waals surface area contributed by atoms with Gasteiger partial charge in [-0.05, 0) is 37.6 Å². The lowest BCUT2D eigenvalue weighted by Gasteiger charge is -2.21. The molecular weight excluding hydrogens is 382 g/mol. The van der Waals surface area contributed by atoms with E-state index in [0.29, 0.717) is 41.8 Å². The monoisotopic (exact) mass is 405 g/mol. The zero-order chi connectivity index (χ0) is 20.1. The molecule has 8 heteroatoms. The maximum atomic E-state index is 12.2. The van der Waals surface area contributed by atoms with Crippen molar-refractivity contribution in [1.82, 2.24) is 5.32 Å². The Morgan fingerprint density at radius 2 is 1.96 bits per heavy atom. The van der Waals surface area contributed by atoms with E-state index in [1.807, 2.05) is 25.1 Å². The number of carbonyl (C=O) groups excluding carboxylic acids is 2. The highest BCUT2D eigenvalue weighted by molar-refractivity contribution is 7.99. The van der Waals surface area contributed by atoms with Crippen LogP contribution < -0.4 is 14.8 Å². The highest BCUT2D eigenvalue weighted by Gasteiger charge is 2.17. The lowest BCUT2D eigenvalue weighted by atomic mass is 10.1. The number of nitrogens with one attached hydrogen (secondary N) is 1. The lowest BCUT2D eigenvalue weighted by molar-refractivity contribution is -0.119. The van der Waals surface area contributed by atoms with E-state index < -0.39 is 5.97 Å². The first-order chi connectivity index (χ1) is 13.5. The maximum absolute atomic E-state index is 12.2. The second kappa shape index (κ2) is 9.05. The summed E-state index contributed by atoms with van der Waals surface area (Å²) in [5, 5.41) is 2.97. The quantitative estimate of drug-likeness (QED) is 0.708. The SMILES string of the molecule is COC(=O)c1cc(CSCC(=O)N[C@H](C)c2ccc3c(c2)OCCO3)oc1C. The molecule has 1 N–H and O–H groups in total. The molecule has 28 heavy (non-hydrogen) atoms. The molecule has 0 unspecified atom stereocenters. The van der Waals surface area contributed by atoms with Crippen molar-refractivity contribution in [1.29, 1.82) is 0 Å². The average Bonchev–Trinajstić information content (AvgIpc) is 3.07. The summed E-state index contributed by atoms with van der Waals surface area (Å²) >= 11 is 1.41. The molecule has 0 bridgehead atoms. The van der Waals surface area contributed by atoms with Crippen LogP contribution in [0.2, 0.25) is 0 Å². The molecular formula is C20H23NO6S. The molecule has 150 valence electrons. The molecule has 7 nitrogen and oxygen atoms in total. The number of thioether (sulfide) groups is 1. The van der Waals surface area contributed by atoms with Crippen LogP contribution in [0.4, 0.5) is 0 Å². The van der Waals surface area contributed by atoms with E-state index in [2.05, 4.69) is 5.32 Å². The molecule has 1 aromatic heterocycles. The van der Waals surface area contributed by atoms with E-state index in [9.17, 15) is 9.59 Å². The second-order valence-electron chi connectivity index (χ2n) is 6.36. The Bertz CT molecular complexity index is 862. The topological polar surface area (TPSA) is 87.0 Å². The third-order valence-corrected chi connectivity index (χ3v) is 5.25. The minimum atomic E-state index is -0.427. The number of amides is 1. The predicted molar refractivity (Wildman–Crippen MR) is 105 cm³/mol. The van der Waals surface area contributed by atoms with Crippen molar-refractivity contribution in [2.75, 3.05) is 26.1 Å². The number of benzene rings is 1. The van der Waals surface area contributed by atoms with Crippen molar-refractivity contribution < 1.29 is 28.2 Å². The van der Waals surface area contributed by atoms with E-state index in [1.165, 1.54) is 18.9 Å². The highest BCUT2D eigenvalue weighted by Crippen LogP contribution is 2.32. The Labute approximate surface area is 167 Å². The molecule has 0 aliphatic carbocycles. The van der Waals surface area contributed by atoms with E-state index in [4.69, 9.17) is 18.6 Å². The summed E-state index contributed by atoms with van der Waals surface area (Å²) in [6.07, 6.45) is 0. The van der Waals surface area contributed by atoms with E-state index in [0.717, 1.165) is 11.3 Å². The van der Waals surface area contributed by atoms with Gasteiger partial charge in [-0.3, -0.25) is 4.79 Å². The van der Waals surface area contributed by atoms with Crippen LogP contribution in [-0.2, 0) is 15.3 Å². The molecule has 3 rings (SSSR count). The number of furan rings is 1. The molecule has 1 atom stereocenters. The van der Waals surface area contributed by atoms with Crippen molar-refractivity contribution in [3.8, 4) is 11.5 Å². The fourth-order valence-electron chi connectivity index (χ4n) is 2.87. The van der Waals surface area contributed by atoms with E-state index >= 15 is 0 Å².